The largest absolute Gasteiger partial charge is 0.502 e. The van der Waals surface area contributed by atoms with Crippen LogP contribution >= 0.6 is 0 Å². The summed E-state index contributed by atoms with van der Waals surface area (Å²) < 4.78 is 0. The van der Waals surface area contributed by atoms with Gasteiger partial charge >= 0.3 is 5.69 Å². The molecule has 138 valence electrons. The van der Waals surface area contributed by atoms with E-state index in [1.54, 1.807) is 18.2 Å². The lowest BCUT2D eigenvalue weighted by Gasteiger charge is -2.19. The van der Waals surface area contributed by atoms with Crippen molar-refractivity contribution in [2.24, 2.45) is 21.2 Å². The van der Waals surface area contributed by atoms with Gasteiger partial charge in [0.2, 0.25) is 5.91 Å². The number of aromatic hydroxyl groups is 1. The minimum Gasteiger partial charge on any atom is -0.502 e. The maximum Gasteiger partial charge on any atom is 0.311 e. The summed E-state index contributed by atoms with van der Waals surface area (Å²) in [5.41, 5.74) is 5.03. The second kappa shape index (κ2) is 7.73. The maximum atomic E-state index is 11.3. The normalized spacial score (nSPS) is 16.9. The van der Waals surface area contributed by atoms with Crippen LogP contribution in [0.1, 0.15) is 24.5 Å². The molecule has 0 saturated heterocycles. The summed E-state index contributed by atoms with van der Waals surface area (Å²) in [5, 5.41) is 32.5. The highest BCUT2D eigenvalue weighted by molar-refractivity contribution is 6.05. The monoisotopic (exact) mass is 367 g/mol. The standard InChI is InChI=1S/C18H17N5O4/c1-11-8-17(25)21-22-18(11)13-3-5-14(6-4-13)20-19-10-12-2-7-16(24)15(9-12)23(26)27/h2-7,9,11,24H,8,10H2,1H3,(H,21,25). The minimum atomic E-state index is -0.647. The molecule has 1 aliphatic rings. The van der Waals surface area contributed by atoms with E-state index in [9.17, 15) is 20.0 Å². The molecule has 3 rings (SSSR count). The molecule has 0 spiro atoms. The first kappa shape index (κ1) is 18.2. The maximum absolute atomic E-state index is 11.3. The van der Waals surface area contributed by atoms with Gasteiger partial charge in [-0.05, 0) is 29.3 Å². The van der Waals surface area contributed by atoms with Crippen LogP contribution in [0.3, 0.4) is 0 Å². The zero-order valence-corrected chi connectivity index (χ0v) is 14.5. The zero-order valence-electron chi connectivity index (χ0n) is 14.5. The lowest BCUT2D eigenvalue weighted by Crippen LogP contribution is -2.31. The van der Waals surface area contributed by atoms with Gasteiger partial charge in [0, 0.05) is 18.4 Å². The highest BCUT2D eigenvalue weighted by atomic mass is 16.6. The number of carbonyl (C=O) groups excluding carboxylic acids is 1. The van der Waals surface area contributed by atoms with Gasteiger partial charge in [-0.1, -0.05) is 25.1 Å². The van der Waals surface area contributed by atoms with Crippen molar-refractivity contribution in [3.8, 4) is 5.75 Å². The van der Waals surface area contributed by atoms with Gasteiger partial charge in [-0.3, -0.25) is 14.9 Å². The fourth-order valence-electron chi connectivity index (χ4n) is 2.71. The Hall–Kier alpha value is -3.62. The topological polar surface area (TPSA) is 130 Å². The van der Waals surface area contributed by atoms with Crippen molar-refractivity contribution in [2.45, 2.75) is 19.9 Å². The van der Waals surface area contributed by atoms with E-state index >= 15 is 0 Å². The van der Waals surface area contributed by atoms with Crippen LogP contribution in [0.15, 0.2) is 57.8 Å². The molecule has 1 atom stereocenters. The summed E-state index contributed by atoms with van der Waals surface area (Å²) in [5.74, 6) is -0.435. The van der Waals surface area contributed by atoms with E-state index in [1.165, 1.54) is 12.1 Å². The molecule has 27 heavy (non-hydrogen) atoms. The van der Waals surface area contributed by atoms with Gasteiger partial charge in [-0.25, -0.2) is 5.43 Å². The van der Waals surface area contributed by atoms with Crippen LogP contribution in [0.2, 0.25) is 0 Å². The molecule has 0 aliphatic carbocycles. The molecule has 2 aromatic rings. The average Bonchev–Trinajstić information content (AvgIpc) is 2.64. The van der Waals surface area contributed by atoms with Crippen LogP contribution in [-0.4, -0.2) is 21.6 Å². The fourth-order valence-corrected chi connectivity index (χ4v) is 2.71. The number of nitro groups is 1. The first-order valence-electron chi connectivity index (χ1n) is 8.24. The van der Waals surface area contributed by atoms with Crippen LogP contribution in [0.4, 0.5) is 11.4 Å². The predicted octanol–water partition coefficient (Wildman–Crippen LogP) is 3.44. The molecule has 0 aromatic heterocycles. The molecule has 2 aromatic carbocycles. The van der Waals surface area contributed by atoms with Gasteiger partial charge in [-0.15, -0.1) is 0 Å². The fraction of sp³-hybridized carbons (Fsp3) is 0.222. The van der Waals surface area contributed by atoms with Crippen LogP contribution in [0.25, 0.3) is 0 Å². The van der Waals surface area contributed by atoms with Crippen LogP contribution in [0, 0.1) is 16.0 Å². The average molecular weight is 367 g/mol. The number of azo groups is 1. The van der Waals surface area contributed by atoms with Gasteiger partial charge in [0.15, 0.2) is 5.75 Å². The van der Waals surface area contributed by atoms with Crippen molar-refractivity contribution >= 4 is 23.0 Å². The van der Waals surface area contributed by atoms with Crippen LogP contribution < -0.4 is 5.43 Å². The minimum absolute atomic E-state index is 0.0384. The van der Waals surface area contributed by atoms with Crippen molar-refractivity contribution in [3.63, 3.8) is 0 Å². The molecule has 0 bridgehead atoms. The quantitative estimate of drug-likeness (QED) is 0.476. The number of amides is 1. The predicted molar refractivity (Wildman–Crippen MR) is 97.9 cm³/mol. The van der Waals surface area contributed by atoms with Crippen LogP contribution in [0.5, 0.6) is 5.75 Å². The Morgan fingerprint density at radius 2 is 2.04 bits per heavy atom. The zero-order chi connectivity index (χ0) is 19.4. The Balaban J connectivity index is 1.67. The number of hydrogen-bond acceptors (Lipinski definition) is 7. The molecule has 1 unspecified atom stereocenters. The highest BCUT2D eigenvalue weighted by Gasteiger charge is 2.21. The second-order valence-corrected chi connectivity index (χ2v) is 6.16. The molecule has 0 saturated carbocycles. The number of benzene rings is 2. The number of nitro benzene ring substituents is 1. The number of hydrazone groups is 1. The summed E-state index contributed by atoms with van der Waals surface area (Å²) >= 11 is 0. The third-order valence-electron chi connectivity index (χ3n) is 4.10. The molecule has 9 nitrogen and oxygen atoms in total. The van der Waals surface area contributed by atoms with Crippen molar-refractivity contribution in [1.82, 2.24) is 5.43 Å². The molecule has 0 radical (unpaired) electrons. The Morgan fingerprint density at radius 1 is 1.30 bits per heavy atom. The van der Waals surface area contributed by atoms with Gasteiger partial charge in [-0.2, -0.15) is 15.3 Å². The molecule has 9 heteroatoms. The van der Waals surface area contributed by atoms with Crippen molar-refractivity contribution in [1.29, 1.82) is 0 Å². The second-order valence-electron chi connectivity index (χ2n) is 6.16. The van der Waals surface area contributed by atoms with E-state index in [1.807, 2.05) is 19.1 Å². The highest BCUT2D eigenvalue weighted by Crippen LogP contribution is 2.27. The van der Waals surface area contributed by atoms with Crippen molar-refractivity contribution in [3.05, 3.63) is 63.7 Å². The number of carbonyl (C=O) groups is 1. The molecule has 1 aliphatic heterocycles. The Bertz CT molecular complexity index is 937. The number of hydrogen-bond donors (Lipinski definition) is 2. The first-order valence-corrected chi connectivity index (χ1v) is 8.24. The van der Waals surface area contributed by atoms with Gasteiger partial charge < -0.3 is 5.11 Å². The van der Waals surface area contributed by atoms with E-state index in [0.717, 1.165) is 11.3 Å². The summed E-state index contributed by atoms with van der Waals surface area (Å²) in [6, 6.07) is 11.4. The number of phenols is 1. The first-order chi connectivity index (χ1) is 12.9. The molecule has 2 N–H and O–H groups in total. The molecule has 1 heterocycles. The van der Waals surface area contributed by atoms with E-state index in [4.69, 9.17) is 0 Å². The summed E-state index contributed by atoms with van der Waals surface area (Å²) in [7, 11) is 0. The Kier molecular flexibility index (Phi) is 5.20. The number of nitrogens with zero attached hydrogens (tertiary/aromatic N) is 4. The number of rotatable bonds is 5. The van der Waals surface area contributed by atoms with Gasteiger partial charge in [0.05, 0.1) is 22.9 Å². The van der Waals surface area contributed by atoms with E-state index < -0.39 is 4.92 Å². The Labute approximate surface area is 154 Å². The molecule has 0 fully saturated rings. The molecule has 1 amide bonds. The summed E-state index contributed by atoms with van der Waals surface area (Å²) in [6.07, 6.45) is 0.402. The number of nitrogens with one attached hydrogen (secondary N) is 1. The van der Waals surface area contributed by atoms with E-state index in [-0.39, 0.29) is 29.8 Å². The summed E-state index contributed by atoms with van der Waals surface area (Å²) in [4.78, 5) is 21.5. The smallest absolute Gasteiger partial charge is 0.311 e. The lowest BCUT2D eigenvalue weighted by molar-refractivity contribution is -0.385. The van der Waals surface area contributed by atoms with E-state index in [0.29, 0.717) is 17.7 Å². The summed E-state index contributed by atoms with van der Waals surface area (Å²) in [6.45, 7) is 2.10. The molecular formula is C18H17N5O4. The van der Waals surface area contributed by atoms with Crippen molar-refractivity contribution in [2.75, 3.05) is 0 Å². The molecular weight excluding hydrogens is 350 g/mol. The van der Waals surface area contributed by atoms with Gasteiger partial charge in [0.1, 0.15) is 0 Å². The third kappa shape index (κ3) is 4.32. The third-order valence-corrected chi connectivity index (χ3v) is 4.10. The van der Waals surface area contributed by atoms with Crippen molar-refractivity contribution < 1.29 is 14.8 Å². The van der Waals surface area contributed by atoms with E-state index in [2.05, 4.69) is 20.8 Å². The lowest BCUT2D eigenvalue weighted by atomic mass is 9.94. The van der Waals surface area contributed by atoms with Gasteiger partial charge in [0.25, 0.3) is 0 Å². The Morgan fingerprint density at radius 3 is 2.70 bits per heavy atom. The SMILES string of the molecule is CC1CC(=O)NN=C1c1ccc(N=NCc2ccc(O)c([N+](=O)[O-])c2)cc1. The van der Waals surface area contributed by atoms with Crippen LogP contribution in [-0.2, 0) is 11.3 Å². The number of phenolic OH excluding ortho intramolecular Hbond substituents is 1.